The highest BCUT2D eigenvalue weighted by Gasteiger charge is 2.16. The Labute approximate surface area is 90.3 Å². The molecule has 1 aromatic rings. The lowest BCUT2D eigenvalue weighted by Crippen LogP contribution is -2.27. The molecule has 1 aliphatic rings. The lowest BCUT2D eigenvalue weighted by atomic mass is 10.0. The fraction of sp³-hybridized carbons (Fsp3) is 0.636. The summed E-state index contributed by atoms with van der Waals surface area (Å²) >= 11 is 0. The first-order chi connectivity index (χ1) is 7.34. The summed E-state index contributed by atoms with van der Waals surface area (Å²) in [5.74, 6) is 0.536. The highest BCUT2D eigenvalue weighted by atomic mass is 16.5. The summed E-state index contributed by atoms with van der Waals surface area (Å²) in [6, 6.07) is 0. The van der Waals surface area contributed by atoms with Gasteiger partial charge in [0.1, 0.15) is 0 Å². The predicted molar refractivity (Wildman–Crippen MR) is 57.5 cm³/mol. The van der Waals surface area contributed by atoms with Crippen molar-refractivity contribution < 1.29 is 4.74 Å². The van der Waals surface area contributed by atoms with E-state index in [1.807, 2.05) is 6.20 Å². The smallest absolute Gasteiger partial charge is 0.0593 e. The molecule has 15 heavy (non-hydrogen) atoms. The lowest BCUT2D eigenvalue weighted by molar-refractivity contribution is 0.122. The number of ether oxygens (including phenoxy) is 1. The van der Waals surface area contributed by atoms with Crippen LogP contribution in [0.1, 0.15) is 5.69 Å². The molecule has 0 N–H and O–H groups in total. The van der Waals surface area contributed by atoms with Gasteiger partial charge in [-0.1, -0.05) is 0 Å². The summed E-state index contributed by atoms with van der Waals surface area (Å²) in [7, 11) is 2.14. The molecule has 1 atom stereocenters. The zero-order valence-electron chi connectivity index (χ0n) is 9.09. The van der Waals surface area contributed by atoms with Crippen molar-refractivity contribution in [2.45, 2.75) is 6.42 Å². The van der Waals surface area contributed by atoms with Crippen LogP contribution in [0.3, 0.4) is 0 Å². The molecular weight excluding hydrogens is 190 g/mol. The van der Waals surface area contributed by atoms with Crippen molar-refractivity contribution in [1.82, 2.24) is 14.9 Å². The topological polar surface area (TPSA) is 38.2 Å². The summed E-state index contributed by atoms with van der Waals surface area (Å²) in [5, 5.41) is 0. The summed E-state index contributed by atoms with van der Waals surface area (Å²) in [6.07, 6.45) is 6.25. The summed E-state index contributed by atoms with van der Waals surface area (Å²) < 4.78 is 5.56. The SMILES string of the molecule is CN1CCOCC(Cc2cnccn2)C1. The Hall–Kier alpha value is -1.00. The first-order valence-corrected chi connectivity index (χ1v) is 5.36. The van der Waals surface area contributed by atoms with E-state index in [1.54, 1.807) is 12.4 Å². The second-order valence-corrected chi connectivity index (χ2v) is 4.10. The third kappa shape index (κ3) is 3.25. The number of likely N-dealkylation sites (N-methyl/N-ethyl adjacent to an activating group) is 1. The third-order valence-corrected chi connectivity index (χ3v) is 2.66. The van der Waals surface area contributed by atoms with Gasteiger partial charge in [-0.15, -0.1) is 0 Å². The van der Waals surface area contributed by atoms with Gasteiger partial charge < -0.3 is 9.64 Å². The van der Waals surface area contributed by atoms with E-state index >= 15 is 0 Å². The van der Waals surface area contributed by atoms with E-state index in [4.69, 9.17) is 4.74 Å². The molecule has 0 aliphatic carbocycles. The molecule has 2 rings (SSSR count). The van der Waals surface area contributed by atoms with Crippen molar-refractivity contribution in [3.63, 3.8) is 0 Å². The van der Waals surface area contributed by atoms with Gasteiger partial charge in [0.15, 0.2) is 0 Å². The van der Waals surface area contributed by atoms with Gasteiger partial charge >= 0.3 is 0 Å². The molecule has 0 bridgehead atoms. The van der Waals surface area contributed by atoms with Crippen LogP contribution in [-0.2, 0) is 11.2 Å². The van der Waals surface area contributed by atoms with Gasteiger partial charge in [-0.25, -0.2) is 0 Å². The van der Waals surface area contributed by atoms with Gasteiger partial charge in [-0.3, -0.25) is 9.97 Å². The van der Waals surface area contributed by atoms with Crippen LogP contribution in [0.4, 0.5) is 0 Å². The van der Waals surface area contributed by atoms with Gasteiger partial charge in [0.05, 0.1) is 18.9 Å². The standard InChI is InChI=1S/C11H17N3O/c1-14-4-5-15-9-10(8-14)6-11-7-12-2-3-13-11/h2-3,7,10H,4-6,8-9H2,1H3. The Bertz CT molecular complexity index is 291. The van der Waals surface area contributed by atoms with Crippen LogP contribution in [0.25, 0.3) is 0 Å². The molecule has 4 nitrogen and oxygen atoms in total. The van der Waals surface area contributed by atoms with Crippen molar-refractivity contribution >= 4 is 0 Å². The third-order valence-electron chi connectivity index (χ3n) is 2.66. The first-order valence-electron chi connectivity index (χ1n) is 5.36. The Kier molecular flexibility index (Phi) is 3.64. The van der Waals surface area contributed by atoms with E-state index in [-0.39, 0.29) is 0 Å². The molecule has 0 spiro atoms. The van der Waals surface area contributed by atoms with Crippen molar-refractivity contribution in [1.29, 1.82) is 0 Å². The second kappa shape index (κ2) is 5.19. The van der Waals surface area contributed by atoms with Crippen molar-refractivity contribution in [3.05, 3.63) is 24.3 Å². The minimum atomic E-state index is 0.536. The maximum Gasteiger partial charge on any atom is 0.0593 e. The van der Waals surface area contributed by atoms with Gasteiger partial charge in [-0.2, -0.15) is 0 Å². The van der Waals surface area contributed by atoms with Crippen LogP contribution in [-0.4, -0.2) is 48.2 Å². The summed E-state index contributed by atoms with van der Waals surface area (Å²) in [5.41, 5.74) is 1.06. The zero-order valence-corrected chi connectivity index (χ0v) is 9.09. The molecule has 1 aromatic heterocycles. The van der Waals surface area contributed by atoms with Crippen molar-refractivity contribution in [2.24, 2.45) is 5.92 Å². The van der Waals surface area contributed by atoms with E-state index in [0.29, 0.717) is 5.92 Å². The van der Waals surface area contributed by atoms with Crippen LogP contribution >= 0.6 is 0 Å². The van der Waals surface area contributed by atoms with Crippen LogP contribution in [0.5, 0.6) is 0 Å². The summed E-state index contributed by atoms with van der Waals surface area (Å²) in [6.45, 7) is 3.78. The van der Waals surface area contributed by atoms with Gasteiger partial charge in [0, 0.05) is 37.6 Å². The largest absolute Gasteiger partial charge is 0.380 e. The van der Waals surface area contributed by atoms with Crippen LogP contribution in [0.2, 0.25) is 0 Å². The highest BCUT2D eigenvalue weighted by molar-refractivity contribution is 4.96. The molecule has 0 amide bonds. The van der Waals surface area contributed by atoms with Crippen LogP contribution < -0.4 is 0 Å². The minimum Gasteiger partial charge on any atom is -0.380 e. The molecule has 1 aliphatic heterocycles. The molecule has 1 fully saturated rings. The Balaban J connectivity index is 1.93. The van der Waals surface area contributed by atoms with Gasteiger partial charge in [-0.05, 0) is 13.5 Å². The molecule has 0 radical (unpaired) electrons. The first kappa shape index (κ1) is 10.5. The monoisotopic (exact) mass is 207 g/mol. The average molecular weight is 207 g/mol. The second-order valence-electron chi connectivity index (χ2n) is 4.10. The maximum absolute atomic E-state index is 5.56. The zero-order chi connectivity index (χ0) is 10.5. The molecular formula is C11H17N3O. The van der Waals surface area contributed by atoms with E-state index in [2.05, 4.69) is 21.9 Å². The van der Waals surface area contributed by atoms with Gasteiger partial charge in [0.25, 0.3) is 0 Å². The molecule has 4 heteroatoms. The molecule has 2 heterocycles. The molecule has 1 saturated heterocycles. The fourth-order valence-corrected chi connectivity index (χ4v) is 1.91. The molecule has 0 aromatic carbocycles. The predicted octanol–water partition coefficient (Wildman–Crippen LogP) is 0.597. The summed E-state index contributed by atoms with van der Waals surface area (Å²) in [4.78, 5) is 10.7. The van der Waals surface area contributed by atoms with Crippen molar-refractivity contribution in [2.75, 3.05) is 33.4 Å². The Morgan fingerprint density at radius 1 is 1.53 bits per heavy atom. The van der Waals surface area contributed by atoms with Crippen LogP contribution in [0, 0.1) is 5.92 Å². The van der Waals surface area contributed by atoms with E-state index in [0.717, 1.165) is 38.4 Å². The average Bonchev–Trinajstić information content (AvgIpc) is 2.44. The number of hydrogen-bond acceptors (Lipinski definition) is 4. The Morgan fingerprint density at radius 2 is 2.47 bits per heavy atom. The molecule has 1 unspecified atom stereocenters. The minimum absolute atomic E-state index is 0.536. The number of hydrogen-bond donors (Lipinski definition) is 0. The normalized spacial score (nSPS) is 23.7. The van der Waals surface area contributed by atoms with Crippen LogP contribution in [0.15, 0.2) is 18.6 Å². The Morgan fingerprint density at radius 3 is 3.27 bits per heavy atom. The fourth-order valence-electron chi connectivity index (χ4n) is 1.91. The van der Waals surface area contributed by atoms with E-state index in [1.165, 1.54) is 0 Å². The quantitative estimate of drug-likeness (QED) is 0.711. The maximum atomic E-state index is 5.56. The highest BCUT2D eigenvalue weighted by Crippen LogP contribution is 2.10. The number of aromatic nitrogens is 2. The lowest BCUT2D eigenvalue weighted by Gasteiger charge is -2.18. The van der Waals surface area contributed by atoms with E-state index in [9.17, 15) is 0 Å². The number of nitrogens with zero attached hydrogens (tertiary/aromatic N) is 3. The molecule has 0 saturated carbocycles. The number of rotatable bonds is 2. The van der Waals surface area contributed by atoms with E-state index < -0.39 is 0 Å². The van der Waals surface area contributed by atoms with Gasteiger partial charge in [0.2, 0.25) is 0 Å². The molecule has 82 valence electrons. The van der Waals surface area contributed by atoms with Crippen molar-refractivity contribution in [3.8, 4) is 0 Å².